The smallest absolute Gasteiger partial charge is 0.0480 e. The zero-order valence-electron chi connectivity index (χ0n) is 16.6. The summed E-state index contributed by atoms with van der Waals surface area (Å²) in [5.41, 5.74) is 5.97. The van der Waals surface area contributed by atoms with Gasteiger partial charge in [-0.1, -0.05) is 42.5 Å². The highest BCUT2D eigenvalue weighted by Crippen LogP contribution is 2.42. The van der Waals surface area contributed by atoms with Crippen LogP contribution in [0, 0.1) is 0 Å². The third kappa shape index (κ3) is 2.72. The number of aryl methyl sites for hydroxylation is 2. The highest BCUT2D eigenvalue weighted by Gasteiger charge is 2.41. The number of hydrogen-bond acceptors (Lipinski definition) is 2. The molecule has 0 amide bonds. The molecule has 2 heterocycles. The summed E-state index contributed by atoms with van der Waals surface area (Å²) >= 11 is 0. The van der Waals surface area contributed by atoms with Crippen LogP contribution < -0.4 is 0 Å². The van der Waals surface area contributed by atoms with E-state index in [2.05, 4.69) is 90.2 Å². The van der Waals surface area contributed by atoms with Crippen molar-refractivity contribution >= 4 is 10.9 Å². The molecule has 1 aliphatic heterocycles. The Labute approximate surface area is 162 Å². The van der Waals surface area contributed by atoms with Crippen molar-refractivity contribution in [3.63, 3.8) is 0 Å². The number of fused-ring (bicyclic) bond motifs is 2. The molecule has 1 aliphatic carbocycles. The lowest BCUT2D eigenvalue weighted by molar-refractivity contribution is 0.216. The number of aromatic nitrogens is 1. The van der Waals surface area contributed by atoms with Crippen LogP contribution in [0.3, 0.4) is 0 Å². The Morgan fingerprint density at radius 1 is 0.926 bits per heavy atom. The number of rotatable bonds is 3. The molecule has 3 aromatic rings. The standard InChI is InChI=1S/C24H29N3/c1-25(2)24-16-27(23-13-12-17-8-4-5-9-18(17)23)15-21(24)20-14-26(3)22-11-7-6-10-19(20)22/h4-11,14,21,23-24H,12-13,15-16H2,1-3H3/t21-,23+,24+/m1/s1. The van der Waals surface area contributed by atoms with Gasteiger partial charge in [0.05, 0.1) is 0 Å². The Hall–Kier alpha value is -2.10. The van der Waals surface area contributed by atoms with Gasteiger partial charge in [0.1, 0.15) is 0 Å². The highest BCUT2D eigenvalue weighted by atomic mass is 15.3. The van der Waals surface area contributed by atoms with Gasteiger partial charge >= 0.3 is 0 Å². The molecule has 0 unspecified atom stereocenters. The van der Waals surface area contributed by atoms with Gasteiger partial charge in [0.2, 0.25) is 0 Å². The normalized spacial score (nSPS) is 25.6. The molecule has 1 saturated heterocycles. The van der Waals surface area contributed by atoms with Crippen LogP contribution in [0.2, 0.25) is 0 Å². The van der Waals surface area contributed by atoms with Crippen LogP contribution in [0.25, 0.3) is 10.9 Å². The predicted molar refractivity (Wildman–Crippen MR) is 112 cm³/mol. The van der Waals surface area contributed by atoms with Crippen LogP contribution in [0.1, 0.15) is 35.1 Å². The van der Waals surface area contributed by atoms with Crippen molar-refractivity contribution in [2.45, 2.75) is 30.8 Å². The molecule has 3 heteroatoms. The minimum atomic E-state index is 0.555. The monoisotopic (exact) mass is 359 g/mol. The van der Waals surface area contributed by atoms with Crippen LogP contribution in [0.15, 0.2) is 54.7 Å². The first kappa shape index (κ1) is 17.0. The van der Waals surface area contributed by atoms with Crippen molar-refractivity contribution in [3.8, 4) is 0 Å². The average molecular weight is 360 g/mol. The summed E-state index contributed by atoms with van der Waals surface area (Å²) in [6.45, 7) is 2.30. The minimum Gasteiger partial charge on any atom is -0.350 e. The first-order valence-electron chi connectivity index (χ1n) is 10.2. The zero-order valence-corrected chi connectivity index (χ0v) is 16.6. The molecule has 2 aromatic carbocycles. The summed E-state index contributed by atoms with van der Waals surface area (Å²) in [5.74, 6) is 0.555. The molecule has 3 nitrogen and oxygen atoms in total. The van der Waals surface area contributed by atoms with E-state index in [1.807, 2.05) is 0 Å². The van der Waals surface area contributed by atoms with Gasteiger partial charge in [0.25, 0.3) is 0 Å². The van der Waals surface area contributed by atoms with Gasteiger partial charge in [0, 0.05) is 55.2 Å². The Bertz CT molecular complexity index is 971. The van der Waals surface area contributed by atoms with E-state index in [9.17, 15) is 0 Å². The molecule has 0 N–H and O–H groups in total. The average Bonchev–Trinajstić information content (AvgIpc) is 3.37. The Morgan fingerprint density at radius 2 is 1.70 bits per heavy atom. The molecule has 0 radical (unpaired) electrons. The van der Waals surface area contributed by atoms with E-state index in [1.54, 1.807) is 11.1 Å². The third-order valence-corrected chi connectivity index (χ3v) is 6.85. The lowest BCUT2D eigenvalue weighted by atomic mass is 9.93. The maximum atomic E-state index is 2.75. The summed E-state index contributed by atoms with van der Waals surface area (Å²) in [4.78, 5) is 5.19. The quantitative estimate of drug-likeness (QED) is 0.694. The molecule has 0 saturated carbocycles. The molecule has 0 spiro atoms. The second-order valence-corrected chi connectivity index (χ2v) is 8.56. The Kier molecular flexibility index (Phi) is 4.10. The fourth-order valence-electron chi connectivity index (χ4n) is 5.48. The largest absolute Gasteiger partial charge is 0.350 e. The van der Waals surface area contributed by atoms with E-state index in [-0.39, 0.29) is 0 Å². The van der Waals surface area contributed by atoms with Crippen LogP contribution in [0.5, 0.6) is 0 Å². The van der Waals surface area contributed by atoms with E-state index in [0.29, 0.717) is 18.0 Å². The van der Waals surface area contributed by atoms with Gasteiger partial charge in [-0.2, -0.15) is 0 Å². The predicted octanol–water partition coefficient (Wildman–Crippen LogP) is 4.20. The second-order valence-electron chi connectivity index (χ2n) is 8.56. The molecule has 1 aromatic heterocycles. The van der Waals surface area contributed by atoms with Crippen molar-refractivity contribution < 1.29 is 0 Å². The molecule has 3 atom stereocenters. The molecule has 27 heavy (non-hydrogen) atoms. The number of benzene rings is 2. The number of likely N-dealkylation sites (N-methyl/N-ethyl adjacent to an activating group) is 1. The van der Waals surface area contributed by atoms with Gasteiger partial charge in [-0.25, -0.2) is 0 Å². The molecule has 5 rings (SSSR count). The first-order chi connectivity index (χ1) is 13.1. The van der Waals surface area contributed by atoms with Gasteiger partial charge in [-0.3, -0.25) is 4.90 Å². The van der Waals surface area contributed by atoms with Crippen LogP contribution in [-0.4, -0.2) is 47.6 Å². The van der Waals surface area contributed by atoms with E-state index in [1.165, 1.54) is 29.3 Å². The summed E-state index contributed by atoms with van der Waals surface area (Å²) in [5, 5.41) is 1.42. The van der Waals surface area contributed by atoms with E-state index in [0.717, 1.165) is 13.1 Å². The maximum absolute atomic E-state index is 2.75. The fraction of sp³-hybridized carbons (Fsp3) is 0.417. The van der Waals surface area contributed by atoms with Crippen LogP contribution >= 0.6 is 0 Å². The summed E-state index contributed by atoms with van der Waals surface area (Å²) < 4.78 is 2.30. The van der Waals surface area contributed by atoms with Crippen molar-refractivity contribution in [2.24, 2.45) is 7.05 Å². The minimum absolute atomic E-state index is 0.555. The number of nitrogens with zero attached hydrogens (tertiary/aromatic N) is 3. The molecular weight excluding hydrogens is 330 g/mol. The fourth-order valence-corrected chi connectivity index (χ4v) is 5.48. The van der Waals surface area contributed by atoms with Crippen molar-refractivity contribution in [2.75, 3.05) is 27.2 Å². The van der Waals surface area contributed by atoms with Crippen LogP contribution in [-0.2, 0) is 13.5 Å². The van der Waals surface area contributed by atoms with Crippen molar-refractivity contribution in [1.82, 2.24) is 14.4 Å². The summed E-state index contributed by atoms with van der Waals surface area (Å²) in [6, 6.07) is 19.1. The Balaban J connectivity index is 1.51. The molecule has 2 aliphatic rings. The highest BCUT2D eigenvalue weighted by molar-refractivity contribution is 5.84. The van der Waals surface area contributed by atoms with Gasteiger partial charge in [-0.15, -0.1) is 0 Å². The Morgan fingerprint density at radius 3 is 2.56 bits per heavy atom. The summed E-state index contributed by atoms with van der Waals surface area (Å²) in [7, 11) is 6.67. The lowest BCUT2D eigenvalue weighted by Crippen LogP contribution is -2.35. The van der Waals surface area contributed by atoms with Gasteiger partial charge in [0.15, 0.2) is 0 Å². The van der Waals surface area contributed by atoms with Crippen LogP contribution in [0.4, 0.5) is 0 Å². The van der Waals surface area contributed by atoms with E-state index < -0.39 is 0 Å². The lowest BCUT2D eigenvalue weighted by Gasteiger charge is -2.26. The van der Waals surface area contributed by atoms with E-state index >= 15 is 0 Å². The zero-order chi connectivity index (χ0) is 18.5. The number of hydrogen-bond donors (Lipinski definition) is 0. The maximum Gasteiger partial charge on any atom is 0.0480 e. The summed E-state index contributed by atoms with van der Waals surface area (Å²) in [6.07, 6.45) is 4.86. The molecule has 1 fully saturated rings. The van der Waals surface area contributed by atoms with Gasteiger partial charge < -0.3 is 9.47 Å². The topological polar surface area (TPSA) is 11.4 Å². The number of para-hydroxylation sites is 1. The molecule has 0 bridgehead atoms. The van der Waals surface area contributed by atoms with Crippen molar-refractivity contribution in [1.29, 1.82) is 0 Å². The number of likely N-dealkylation sites (tertiary alicyclic amines) is 1. The first-order valence-corrected chi connectivity index (χ1v) is 10.2. The SMILES string of the molecule is CN(C)[C@H]1CN([C@H]2CCc3ccccc32)C[C@@H]1c1cn(C)c2ccccc12. The molecule has 140 valence electrons. The van der Waals surface area contributed by atoms with Gasteiger partial charge in [-0.05, 0) is 49.7 Å². The second kappa shape index (κ2) is 6.50. The van der Waals surface area contributed by atoms with Crippen molar-refractivity contribution in [3.05, 3.63) is 71.4 Å². The van der Waals surface area contributed by atoms with E-state index in [4.69, 9.17) is 0 Å². The third-order valence-electron chi connectivity index (χ3n) is 6.85. The molecular formula is C24H29N3.